The molecule has 0 saturated carbocycles. The minimum absolute atomic E-state index is 0.0691. The molecule has 2 rings (SSSR count). The van der Waals surface area contributed by atoms with Gasteiger partial charge in [-0.15, -0.1) is 0 Å². The van der Waals surface area contributed by atoms with Gasteiger partial charge in [0.25, 0.3) is 0 Å². The number of hydrogen-bond acceptors (Lipinski definition) is 4. The summed E-state index contributed by atoms with van der Waals surface area (Å²) in [7, 11) is 3.22. The fourth-order valence-electron chi connectivity index (χ4n) is 2.49. The Morgan fingerprint density at radius 3 is 2.68 bits per heavy atom. The normalized spacial score (nSPS) is 17.7. The molecular formula is C14H19NO4. The molecule has 5 heteroatoms. The number of carboxylic acid groups (broad SMARTS) is 1. The van der Waals surface area contributed by atoms with Gasteiger partial charge in [-0.25, -0.2) is 0 Å². The van der Waals surface area contributed by atoms with Crippen molar-refractivity contribution in [2.24, 2.45) is 0 Å². The summed E-state index contributed by atoms with van der Waals surface area (Å²) < 4.78 is 10.6. The van der Waals surface area contributed by atoms with Gasteiger partial charge in [0.15, 0.2) is 11.5 Å². The first kappa shape index (κ1) is 13.7. The molecule has 1 aromatic carbocycles. The van der Waals surface area contributed by atoms with Gasteiger partial charge in [0.05, 0.1) is 14.2 Å². The van der Waals surface area contributed by atoms with Gasteiger partial charge in [0.1, 0.15) is 0 Å². The lowest BCUT2D eigenvalue weighted by molar-refractivity contribution is -0.137. The molecule has 2 N–H and O–H groups in total. The maximum atomic E-state index is 10.7. The second kappa shape index (κ2) is 5.93. The van der Waals surface area contributed by atoms with Crippen molar-refractivity contribution in [3.05, 3.63) is 23.3 Å². The van der Waals surface area contributed by atoms with E-state index in [9.17, 15) is 4.79 Å². The number of carboxylic acids is 1. The predicted molar refractivity (Wildman–Crippen MR) is 70.9 cm³/mol. The highest BCUT2D eigenvalue weighted by atomic mass is 16.5. The van der Waals surface area contributed by atoms with Gasteiger partial charge in [0.2, 0.25) is 0 Å². The number of ether oxygens (including phenoxy) is 2. The fraction of sp³-hybridized carbons (Fsp3) is 0.500. The lowest BCUT2D eigenvalue weighted by Gasteiger charge is -2.27. The molecule has 104 valence electrons. The highest BCUT2D eigenvalue weighted by Gasteiger charge is 2.22. The summed E-state index contributed by atoms with van der Waals surface area (Å²) in [6.07, 6.45) is 1.66. The Balaban J connectivity index is 2.29. The van der Waals surface area contributed by atoms with Crippen LogP contribution in [0.5, 0.6) is 11.5 Å². The lowest BCUT2D eigenvalue weighted by atomic mass is 9.91. The van der Waals surface area contributed by atoms with E-state index in [1.807, 2.05) is 12.1 Å². The molecule has 0 aromatic heterocycles. The Hall–Kier alpha value is -1.75. The Kier molecular flexibility index (Phi) is 4.27. The maximum Gasteiger partial charge on any atom is 0.303 e. The summed E-state index contributed by atoms with van der Waals surface area (Å²) in [4.78, 5) is 10.7. The highest BCUT2D eigenvalue weighted by molar-refractivity contribution is 5.66. The van der Waals surface area contributed by atoms with E-state index in [4.69, 9.17) is 14.6 Å². The Bertz CT molecular complexity index is 473. The zero-order chi connectivity index (χ0) is 13.8. The van der Waals surface area contributed by atoms with Gasteiger partial charge in [-0.2, -0.15) is 0 Å². The lowest BCUT2D eigenvalue weighted by Crippen LogP contribution is -2.30. The van der Waals surface area contributed by atoms with E-state index in [0.29, 0.717) is 12.2 Å². The molecule has 1 heterocycles. The van der Waals surface area contributed by atoms with E-state index in [1.165, 1.54) is 5.56 Å². The summed E-state index contributed by atoms with van der Waals surface area (Å²) in [6.45, 7) is 0.854. The Morgan fingerprint density at radius 1 is 1.37 bits per heavy atom. The van der Waals surface area contributed by atoms with Gasteiger partial charge in [-0.1, -0.05) is 0 Å². The Labute approximate surface area is 112 Å². The van der Waals surface area contributed by atoms with Crippen LogP contribution in [-0.2, 0) is 11.2 Å². The first-order valence-electron chi connectivity index (χ1n) is 6.35. The number of benzene rings is 1. The average Bonchev–Trinajstić information content (AvgIpc) is 2.43. The van der Waals surface area contributed by atoms with Crippen LogP contribution in [0.15, 0.2) is 12.1 Å². The van der Waals surface area contributed by atoms with Crippen LogP contribution in [0.3, 0.4) is 0 Å². The third-order valence-corrected chi connectivity index (χ3v) is 3.45. The van der Waals surface area contributed by atoms with Gasteiger partial charge in [0, 0.05) is 12.5 Å². The summed E-state index contributed by atoms with van der Waals surface area (Å²) in [5, 5.41) is 12.2. The molecule has 1 atom stereocenters. The standard InChI is InChI=1S/C14H19NO4/c1-18-12-7-9-5-6-15-11(3-4-14(16)17)10(9)8-13(12)19-2/h7-8,11,15H,3-6H2,1-2H3,(H,16,17). The molecule has 1 aliphatic rings. The van der Waals surface area contributed by atoms with Crippen molar-refractivity contribution < 1.29 is 19.4 Å². The van der Waals surface area contributed by atoms with Crippen LogP contribution < -0.4 is 14.8 Å². The van der Waals surface area contributed by atoms with Crippen molar-refractivity contribution in [1.29, 1.82) is 0 Å². The van der Waals surface area contributed by atoms with Gasteiger partial charge in [-0.05, 0) is 42.6 Å². The topological polar surface area (TPSA) is 67.8 Å². The van der Waals surface area contributed by atoms with E-state index >= 15 is 0 Å². The first-order valence-corrected chi connectivity index (χ1v) is 6.35. The van der Waals surface area contributed by atoms with Crippen molar-refractivity contribution in [2.75, 3.05) is 20.8 Å². The van der Waals surface area contributed by atoms with Crippen molar-refractivity contribution in [3.8, 4) is 11.5 Å². The Morgan fingerprint density at radius 2 is 2.05 bits per heavy atom. The molecule has 0 amide bonds. The fourth-order valence-corrected chi connectivity index (χ4v) is 2.49. The van der Waals surface area contributed by atoms with E-state index in [1.54, 1.807) is 14.2 Å². The summed E-state index contributed by atoms with van der Waals surface area (Å²) in [5.74, 6) is 0.639. The maximum absolute atomic E-state index is 10.7. The summed E-state index contributed by atoms with van der Waals surface area (Å²) in [5.41, 5.74) is 2.32. The van der Waals surface area contributed by atoms with Gasteiger partial charge >= 0.3 is 5.97 Å². The van der Waals surface area contributed by atoms with Crippen LogP contribution in [-0.4, -0.2) is 31.8 Å². The largest absolute Gasteiger partial charge is 0.493 e. The number of aliphatic carboxylic acids is 1. The predicted octanol–water partition coefficient (Wildman–Crippen LogP) is 1.76. The van der Waals surface area contributed by atoms with Crippen LogP contribution in [0, 0.1) is 0 Å². The monoisotopic (exact) mass is 265 g/mol. The number of carbonyl (C=O) groups is 1. The van der Waals surface area contributed by atoms with E-state index in [-0.39, 0.29) is 12.5 Å². The van der Waals surface area contributed by atoms with Crippen molar-refractivity contribution in [3.63, 3.8) is 0 Å². The summed E-state index contributed by atoms with van der Waals surface area (Å²) >= 11 is 0. The third-order valence-electron chi connectivity index (χ3n) is 3.45. The molecule has 19 heavy (non-hydrogen) atoms. The molecule has 0 saturated heterocycles. The zero-order valence-corrected chi connectivity index (χ0v) is 11.2. The minimum atomic E-state index is -0.769. The quantitative estimate of drug-likeness (QED) is 0.849. The van der Waals surface area contributed by atoms with E-state index in [0.717, 1.165) is 24.3 Å². The van der Waals surface area contributed by atoms with Crippen LogP contribution in [0.25, 0.3) is 0 Å². The highest BCUT2D eigenvalue weighted by Crippen LogP contribution is 2.36. The molecular weight excluding hydrogens is 246 g/mol. The smallest absolute Gasteiger partial charge is 0.303 e. The van der Waals surface area contributed by atoms with Crippen molar-refractivity contribution in [2.45, 2.75) is 25.3 Å². The average molecular weight is 265 g/mol. The van der Waals surface area contributed by atoms with Crippen LogP contribution >= 0.6 is 0 Å². The number of hydrogen-bond donors (Lipinski definition) is 2. The molecule has 1 aromatic rings. The van der Waals surface area contributed by atoms with Crippen LogP contribution in [0.4, 0.5) is 0 Å². The van der Waals surface area contributed by atoms with E-state index in [2.05, 4.69) is 5.32 Å². The molecule has 0 bridgehead atoms. The zero-order valence-electron chi connectivity index (χ0n) is 11.2. The molecule has 0 aliphatic carbocycles. The SMILES string of the molecule is COc1cc2c(cc1OC)C(CCC(=O)O)NCC2. The van der Waals surface area contributed by atoms with E-state index < -0.39 is 5.97 Å². The molecule has 0 fully saturated rings. The first-order chi connectivity index (χ1) is 9.15. The number of fused-ring (bicyclic) bond motifs is 1. The second-order valence-corrected chi connectivity index (χ2v) is 4.60. The molecule has 0 spiro atoms. The molecule has 0 radical (unpaired) electrons. The molecule has 5 nitrogen and oxygen atoms in total. The van der Waals surface area contributed by atoms with Gasteiger partial charge in [-0.3, -0.25) is 4.79 Å². The number of nitrogens with one attached hydrogen (secondary N) is 1. The number of rotatable bonds is 5. The third kappa shape index (κ3) is 2.98. The molecule has 1 aliphatic heterocycles. The summed E-state index contributed by atoms with van der Waals surface area (Å²) in [6, 6.07) is 4.01. The van der Waals surface area contributed by atoms with Crippen LogP contribution in [0.2, 0.25) is 0 Å². The minimum Gasteiger partial charge on any atom is -0.493 e. The number of methoxy groups -OCH3 is 2. The van der Waals surface area contributed by atoms with Crippen LogP contribution in [0.1, 0.15) is 30.0 Å². The van der Waals surface area contributed by atoms with Crippen molar-refractivity contribution >= 4 is 5.97 Å². The molecule has 1 unspecified atom stereocenters. The second-order valence-electron chi connectivity index (χ2n) is 4.60. The van der Waals surface area contributed by atoms with Crippen molar-refractivity contribution in [1.82, 2.24) is 5.32 Å². The van der Waals surface area contributed by atoms with Gasteiger partial charge < -0.3 is 19.9 Å².